The lowest BCUT2D eigenvalue weighted by Gasteiger charge is -2.06. The van der Waals surface area contributed by atoms with Gasteiger partial charge in [0.1, 0.15) is 0 Å². The molecule has 0 radical (unpaired) electrons. The smallest absolute Gasteiger partial charge is 0.178 e. The van der Waals surface area contributed by atoms with Gasteiger partial charge in [0.25, 0.3) is 0 Å². The molecule has 0 spiro atoms. The lowest BCUT2D eigenvalue weighted by Crippen LogP contribution is -2.05. The third kappa shape index (κ3) is 3.09. The molecule has 0 amide bonds. The number of hydrogen-bond donors (Lipinski definition) is 1. The molecule has 0 bridgehead atoms. The number of hydrogen-bond acceptors (Lipinski definition) is 3. The van der Waals surface area contributed by atoms with Crippen LogP contribution in [0.1, 0.15) is 6.92 Å². The van der Waals surface area contributed by atoms with Gasteiger partial charge in [-0.2, -0.15) is 0 Å². The van der Waals surface area contributed by atoms with Crippen molar-refractivity contribution in [2.75, 3.05) is 17.6 Å². The van der Waals surface area contributed by atoms with Gasteiger partial charge in [0.05, 0.1) is 10.6 Å². The Bertz CT molecular complexity index is 438. The summed E-state index contributed by atoms with van der Waals surface area (Å²) in [5.74, 6) is 0.123. The van der Waals surface area contributed by atoms with E-state index in [1.54, 1.807) is 31.2 Å². The molecule has 82 valence electrons. The maximum absolute atomic E-state index is 11.6. The molecule has 0 aliphatic rings. The molecule has 1 rings (SSSR count). The molecule has 1 aromatic carbocycles. The van der Waals surface area contributed by atoms with Crippen LogP contribution in [0.3, 0.4) is 0 Å². The minimum absolute atomic E-state index is 0.123. The third-order valence-corrected chi connectivity index (χ3v) is 3.76. The summed E-state index contributed by atoms with van der Waals surface area (Å²) in [6, 6.07) is 6.81. The second-order valence-electron chi connectivity index (χ2n) is 3.10. The second-order valence-corrected chi connectivity index (χ2v) is 5.38. The van der Waals surface area contributed by atoms with Gasteiger partial charge >= 0.3 is 0 Å². The Morgan fingerprint density at radius 3 is 2.80 bits per heavy atom. The van der Waals surface area contributed by atoms with E-state index in [1.807, 2.05) is 6.07 Å². The standard InChI is InChI=1S/C11H15NO2S/c1-3-8-12-10-6-5-7-11(9-10)15(13,14)4-2/h3,5-7,9,12H,1,4,8H2,2H3. The zero-order valence-electron chi connectivity index (χ0n) is 8.73. The molecule has 3 nitrogen and oxygen atoms in total. The van der Waals surface area contributed by atoms with E-state index in [0.717, 1.165) is 5.69 Å². The summed E-state index contributed by atoms with van der Waals surface area (Å²) in [7, 11) is -3.11. The molecule has 1 aromatic rings. The Hall–Kier alpha value is -1.29. The minimum atomic E-state index is -3.11. The largest absolute Gasteiger partial charge is 0.382 e. The maximum Gasteiger partial charge on any atom is 0.178 e. The van der Waals surface area contributed by atoms with Crippen molar-refractivity contribution in [3.63, 3.8) is 0 Å². The zero-order chi connectivity index (χ0) is 11.3. The van der Waals surface area contributed by atoms with Crippen LogP contribution in [0.15, 0.2) is 41.8 Å². The molecule has 1 N–H and O–H groups in total. The summed E-state index contributed by atoms with van der Waals surface area (Å²) >= 11 is 0. The van der Waals surface area contributed by atoms with Gasteiger partial charge in [-0.3, -0.25) is 0 Å². The van der Waals surface area contributed by atoms with Crippen LogP contribution in [0.2, 0.25) is 0 Å². The topological polar surface area (TPSA) is 46.2 Å². The van der Waals surface area contributed by atoms with Crippen molar-refractivity contribution in [2.24, 2.45) is 0 Å². The van der Waals surface area contributed by atoms with Gasteiger partial charge in [0, 0.05) is 12.2 Å². The number of sulfone groups is 1. The van der Waals surface area contributed by atoms with E-state index in [1.165, 1.54) is 0 Å². The van der Waals surface area contributed by atoms with Crippen molar-refractivity contribution >= 4 is 15.5 Å². The molecule has 0 aromatic heterocycles. The van der Waals surface area contributed by atoms with E-state index < -0.39 is 9.84 Å². The molecule has 15 heavy (non-hydrogen) atoms. The molecule has 0 aliphatic carbocycles. The first-order chi connectivity index (χ1) is 7.10. The number of nitrogens with one attached hydrogen (secondary N) is 1. The van der Waals surface area contributed by atoms with Crippen molar-refractivity contribution in [3.05, 3.63) is 36.9 Å². The van der Waals surface area contributed by atoms with Gasteiger partial charge in [-0.15, -0.1) is 6.58 Å². The highest BCUT2D eigenvalue weighted by Gasteiger charge is 2.10. The van der Waals surface area contributed by atoms with Crippen molar-refractivity contribution in [3.8, 4) is 0 Å². The average molecular weight is 225 g/mol. The summed E-state index contributed by atoms with van der Waals surface area (Å²) in [5, 5.41) is 3.05. The lowest BCUT2D eigenvalue weighted by atomic mass is 10.3. The lowest BCUT2D eigenvalue weighted by molar-refractivity contribution is 0.597. The van der Waals surface area contributed by atoms with Crippen molar-refractivity contribution in [1.29, 1.82) is 0 Å². The summed E-state index contributed by atoms with van der Waals surface area (Å²) in [6.07, 6.45) is 1.72. The van der Waals surface area contributed by atoms with Gasteiger partial charge in [0.2, 0.25) is 0 Å². The Balaban J connectivity index is 2.97. The number of benzene rings is 1. The third-order valence-electron chi connectivity index (χ3n) is 2.02. The first kappa shape index (κ1) is 11.8. The van der Waals surface area contributed by atoms with E-state index in [2.05, 4.69) is 11.9 Å². The van der Waals surface area contributed by atoms with Gasteiger partial charge in [-0.1, -0.05) is 19.1 Å². The van der Waals surface area contributed by atoms with E-state index in [9.17, 15) is 8.42 Å². The van der Waals surface area contributed by atoms with E-state index >= 15 is 0 Å². The fourth-order valence-electron chi connectivity index (χ4n) is 1.16. The Morgan fingerprint density at radius 1 is 1.47 bits per heavy atom. The molecule has 0 saturated carbocycles. The summed E-state index contributed by atoms with van der Waals surface area (Å²) in [6.45, 7) is 5.84. The highest BCUT2D eigenvalue weighted by atomic mass is 32.2. The maximum atomic E-state index is 11.6. The van der Waals surface area contributed by atoms with Gasteiger partial charge in [-0.05, 0) is 18.2 Å². The fraction of sp³-hybridized carbons (Fsp3) is 0.273. The van der Waals surface area contributed by atoms with Crippen molar-refractivity contribution in [2.45, 2.75) is 11.8 Å². The molecule has 0 fully saturated rings. The van der Waals surface area contributed by atoms with E-state index in [4.69, 9.17) is 0 Å². The van der Waals surface area contributed by atoms with E-state index in [-0.39, 0.29) is 5.75 Å². The van der Waals surface area contributed by atoms with Crippen molar-refractivity contribution in [1.82, 2.24) is 0 Å². The molecule has 0 heterocycles. The average Bonchev–Trinajstić information content (AvgIpc) is 2.27. The summed E-state index contributed by atoms with van der Waals surface area (Å²) in [4.78, 5) is 0.360. The highest BCUT2D eigenvalue weighted by Crippen LogP contribution is 2.16. The molecule has 4 heteroatoms. The quantitative estimate of drug-likeness (QED) is 0.780. The van der Waals surface area contributed by atoms with Crippen LogP contribution in [0.25, 0.3) is 0 Å². The van der Waals surface area contributed by atoms with Gasteiger partial charge in [0.15, 0.2) is 9.84 Å². The molecule has 0 atom stereocenters. The highest BCUT2D eigenvalue weighted by molar-refractivity contribution is 7.91. The normalized spacial score (nSPS) is 11.0. The Morgan fingerprint density at radius 2 is 2.20 bits per heavy atom. The van der Waals surface area contributed by atoms with Crippen LogP contribution in [-0.2, 0) is 9.84 Å². The van der Waals surface area contributed by atoms with Gasteiger partial charge in [-0.25, -0.2) is 8.42 Å². The predicted octanol–water partition coefficient (Wildman–Crippen LogP) is 2.08. The molecular weight excluding hydrogens is 210 g/mol. The van der Waals surface area contributed by atoms with Crippen LogP contribution in [0.5, 0.6) is 0 Å². The number of rotatable bonds is 5. The van der Waals surface area contributed by atoms with Crippen LogP contribution < -0.4 is 5.32 Å². The monoisotopic (exact) mass is 225 g/mol. The zero-order valence-corrected chi connectivity index (χ0v) is 9.55. The molecule has 0 aliphatic heterocycles. The molecule has 0 unspecified atom stereocenters. The van der Waals surface area contributed by atoms with Crippen LogP contribution in [0.4, 0.5) is 5.69 Å². The van der Waals surface area contributed by atoms with Gasteiger partial charge < -0.3 is 5.32 Å². The SMILES string of the molecule is C=CCNc1cccc(S(=O)(=O)CC)c1. The number of anilines is 1. The molecule has 0 saturated heterocycles. The molecular formula is C11H15NO2S. The second kappa shape index (κ2) is 4.98. The Labute approximate surface area is 90.7 Å². The summed E-state index contributed by atoms with van der Waals surface area (Å²) in [5.41, 5.74) is 0.796. The minimum Gasteiger partial charge on any atom is -0.382 e. The first-order valence-electron chi connectivity index (χ1n) is 4.77. The van der Waals surface area contributed by atoms with Crippen molar-refractivity contribution < 1.29 is 8.42 Å². The van der Waals surface area contributed by atoms with Crippen LogP contribution in [0, 0.1) is 0 Å². The fourth-order valence-corrected chi connectivity index (χ4v) is 2.08. The van der Waals surface area contributed by atoms with E-state index in [0.29, 0.717) is 11.4 Å². The summed E-state index contributed by atoms with van der Waals surface area (Å²) < 4.78 is 23.2. The Kier molecular flexibility index (Phi) is 3.91. The van der Waals surface area contributed by atoms with Crippen LogP contribution >= 0.6 is 0 Å². The van der Waals surface area contributed by atoms with Crippen LogP contribution in [-0.4, -0.2) is 20.7 Å². The predicted molar refractivity (Wildman–Crippen MR) is 62.9 cm³/mol. The first-order valence-corrected chi connectivity index (χ1v) is 6.43.